The first-order valence-electron chi connectivity index (χ1n) is 9.71. The second-order valence-electron chi connectivity index (χ2n) is 8.58. The number of imidazole rings is 1. The number of hydrogen-bond donors (Lipinski definition) is 2. The zero-order chi connectivity index (χ0) is 22.3. The number of nitrogens with one attached hydrogen (secondary N) is 2. The Labute approximate surface area is 172 Å². The van der Waals surface area contributed by atoms with Gasteiger partial charge in [0.1, 0.15) is 17.9 Å². The van der Waals surface area contributed by atoms with E-state index in [-0.39, 0.29) is 48.3 Å². The summed E-state index contributed by atoms with van der Waals surface area (Å²) in [5.74, 6) is -0.253. The van der Waals surface area contributed by atoms with Gasteiger partial charge in [-0.3, -0.25) is 9.59 Å². The number of carbonyl (C=O) groups excluding carboxylic acids is 2. The van der Waals surface area contributed by atoms with Crippen LogP contribution < -0.4 is 10.6 Å². The van der Waals surface area contributed by atoms with E-state index in [1.807, 2.05) is 20.8 Å². The van der Waals surface area contributed by atoms with Gasteiger partial charge in [-0.05, 0) is 45.4 Å². The number of aryl methyl sites for hydroxylation is 1. The molecule has 1 aliphatic rings. The number of halogens is 3. The molecule has 30 heavy (non-hydrogen) atoms. The first kappa shape index (κ1) is 22.1. The van der Waals surface area contributed by atoms with Crippen LogP contribution in [-0.2, 0) is 28.9 Å². The van der Waals surface area contributed by atoms with E-state index < -0.39 is 17.3 Å². The van der Waals surface area contributed by atoms with Crippen LogP contribution in [0.5, 0.6) is 0 Å². The average Bonchev–Trinajstić information content (AvgIpc) is 2.91. The van der Waals surface area contributed by atoms with Crippen molar-refractivity contribution in [3.63, 3.8) is 0 Å². The monoisotopic (exact) mass is 425 g/mol. The zero-order valence-electron chi connectivity index (χ0n) is 17.5. The van der Waals surface area contributed by atoms with Gasteiger partial charge in [0.25, 0.3) is 0 Å². The lowest BCUT2D eigenvalue weighted by Crippen LogP contribution is -2.48. The minimum absolute atomic E-state index is 0.0360. The zero-order valence-corrected chi connectivity index (χ0v) is 17.5. The van der Waals surface area contributed by atoms with Gasteiger partial charge in [0.15, 0.2) is 0 Å². The first-order chi connectivity index (χ1) is 13.8. The Balaban J connectivity index is 2.10. The van der Waals surface area contributed by atoms with Crippen LogP contribution in [0.25, 0.3) is 11.0 Å². The van der Waals surface area contributed by atoms with E-state index >= 15 is 0 Å². The molecule has 0 saturated carbocycles. The highest BCUT2D eigenvalue weighted by Gasteiger charge is 2.35. The molecule has 2 amide bonds. The predicted octanol–water partition coefficient (Wildman–Crippen LogP) is 2.21. The molecule has 1 aromatic carbocycles. The lowest BCUT2D eigenvalue weighted by atomic mass is 10.1. The molecule has 10 heteroatoms. The van der Waals surface area contributed by atoms with Crippen molar-refractivity contribution in [3.8, 4) is 0 Å². The van der Waals surface area contributed by atoms with Crippen molar-refractivity contribution in [2.45, 2.75) is 52.5 Å². The Bertz CT molecular complexity index is 975. The van der Waals surface area contributed by atoms with Gasteiger partial charge in [0.05, 0.1) is 24.2 Å². The van der Waals surface area contributed by atoms with Gasteiger partial charge < -0.3 is 20.1 Å². The molecule has 1 fully saturated rings. The minimum atomic E-state index is -4.58. The van der Waals surface area contributed by atoms with Crippen molar-refractivity contribution in [3.05, 3.63) is 29.1 Å². The highest BCUT2D eigenvalue weighted by Crippen LogP contribution is 2.36. The van der Waals surface area contributed by atoms with Crippen LogP contribution in [0.15, 0.2) is 12.1 Å². The summed E-state index contributed by atoms with van der Waals surface area (Å²) in [6.07, 6.45) is -4.58. The summed E-state index contributed by atoms with van der Waals surface area (Å²) >= 11 is 0. The second kappa shape index (κ2) is 7.90. The summed E-state index contributed by atoms with van der Waals surface area (Å²) < 4.78 is 42.4. The molecule has 1 aliphatic heterocycles. The third-order valence-electron chi connectivity index (χ3n) is 4.72. The standard InChI is InChI=1S/C20H26F3N5O2/c1-12-7-13(20(21,22)23)18-14(8-12)28(11-16(29)26-19(2,3)4)15(25-18)10-27-6-5-24-9-17(27)30/h7-8,24H,5-6,9-11H2,1-4H3,(H,26,29). The van der Waals surface area contributed by atoms with E-state index in [0.29, 0.717) is 18.7 Å². The molecule has 3 rings (SSSR count). The van der Waals surface area contributed by atoms with Gasteiger partial charge in [-0.1, -0.05) is 0 Å². The van der Waals surface area contributed by atoms with Gasteiger partial charge in [-0.25, -0.2) is 4.98 Å². The number of rotatable bonds is 4. The number of hydrogen-bond acceptors (Lipinski definition) is 4. The van der Waals surface area contributed by atoms with Gasteiger partial charge in [-0.15, -0.1) is 0 Å². The van der Waals surface area contributed by atoms with Crippen LogP contribution in [-0.4, -0.2) is 51.4 Å². The molecule has 2 N–H and O–H groups in total. The molecule has 164 valence electrons. The number of alkyl halides is 3. The SMILES string of the molecule is Cc1cc(C(F)(F)F)c2nc(CN3CCNCC3=O)n(CC(=O)NC(C)(C)C)c2c1. The smallest absolute Gasteiger partial charge is 0.350 e. The Morgan fingerprint density at radius 3 is 2.57 bits per heavy atom. The van der Waals surface area contributed by atoms with Crippen molar-refractivity contribution >= 4 is 22.8 Å². The van der Waals surface area contributed by atoms with Crippen molar-refractivity contribution in [2.24, 2.45) is 0 Å². The Hall–Kier alpha value is -2.62. The molecule has 0 unspecified atom stereocenters. The van der Waals surface area contributed by atoms with E-state index in [2.05, 4.69) is 15.6 Å². The van der Waals surface area contributed by atoms with Gasteiger partial charge in [-0.2, -0.15) is 13.2 Å². The number of amides is 2. The van der Waals surface area contributed by atoms with Crippen molar-refractivity contribution in [2.75, 3.05) is 19.6 Å². The van der Waals surface area contributed by atoms with Crippen LogP contribution >= 0.6 is 0 Å². The van der Waals surface area contributed by atoms with E-state index in [1.165, 1.54) is 9.47 Å². The number of aromatic nitrogens is 2. The molecule has 2 aromatic rings. The number of fused-ring (bicyclic) bond motifs is 1. The minimum Gasteiger partial charge on any atom is -0.350 e. The number of carbonyl (C=O) groups is 2. The summed E-state index contributed by atoms with van der Waals surface area (Å²) in [5.41, 5.74) is -0.912. The fourth-order valence-corrected chi connectivity index (χ4v) is 3.51. The van der Waals surface area contributed by atoms with Crippen molar-refractivity contribution in [1.29, 1.82) is 0 Å². The lowest BCUT2D eigenvalue weighted by molar-refractivity contribution is -0.136. The lowest BCUT2D eigenvalue weighted by Gasteiger charge is -2.27. The van der Waals surface area contributed by atoms with Gasteiger partial charge in [0, 0.05) is 18.6 Å². The molecule has 1 aromatic heterocycles. The largest absolute Gasteiger partial charge is 0.418 e. The summed E-state index contributed by atoms with van der Waals surface area (Å²) in [5, 5.41) is 5.78. The molecule has 0 radical (unpaired) electrons. The molecular formula is C20H26F3N5O2. The first-order valence-corrected chi connectivity index (χ1v) is 9.71. The maximum absolute atomic E-state index is 13.6. The van der Waals surface area contributed by atoms with E-state index in [0.717, 1.165) is 6.07 Å². The maximum Gasteiger partial charge on any atom is 0.418 e. The van der Waals surface area contributed by atoms with Crippen LogP contribution in [0.2, 0.25) is 0 Å². The number of piperazine rings is 1. The Morgan fingerprint density at radius 2 is 1.97 bits per heavy atom. The highest BCUT2D eigenvalue weighted by molar-refractivity contribution is 5.85. The van der Waals surface area contributed by atoms with Crippen LogP contribution in [0, 0.1) is 6.92 Å². The van der Waals surface area contributed by atoms with Crippen molar-refractivity contribution in [1.82, 2.24) is 25.1 Å². The topological polar surface area (TPSA) is 79.3 Å². The molecule has 7 nitrogen and oxygen atoms in total. The predicted molar refractivity (Wildman–Crippen MR) is 106 cm³/mol. The number of benzene rings is 1. The average molecular weight is 425 g/mol. The molecule has 0 aliphatic carbocycles. The molecule has 1 saturated heterocycles. The molecule has 0 bridgehead atoms. The van der Waals surface area contributed by atoms with Gasteiger partial charge in [0.2, 0.25) is 11.8 Å². The molecule has 0 spiro atoms. The summed E-state index contributed by atoms with van der Waals surface area (Å²) in [7, 11) is 0. The van der Waals surface area contributed by atoms with Crippen molar-refractivity contribution < 1.29 is 22.8 Å². The van der Waals surface area contributed by atoms with Crippen LogP contribution in [0.1, 0.15) is 37.7 Å². The Kier molecular flexibility index (Phi) is 5.81. The number of nitrogens with zero attached hydrogens (tertiary/aromatic N) is 3. The summed E-state index contributed by atoms with van der Waals surface area (Å²) in [6.45, 7) is 8.05. The third kappa shape index (κ3) is 4.92. The van der Waals surface area contributed by atoms with E-state index in [9.17, 15) is 22.8 Å². The van der Waals surface area contributed by atoms with Gasteiger partial charge >= 0.3 is 6.18 Å². The fraction of sp³-hybridized carbons (Fsp3) is 0.550. The van der Waals surface area contributed by atoms with Crippen LogP contribution in [0.3, 0.4) is 0 Å². The molecular weight excluding hydrogens is 399 g/mol. The highest BCUT2D eigenvalue weighted by atomic mass is 19.4. The summed E-state index contributed by atoms with van der Waals surface area (Å²) in [4.78, 5) is 30.5. The normalized spacial score (nSPS) is 15.7. The van der Waals surface area contributed by atoms with E-state index in [4.69, 9.17) is 0 Å². The molecule has 0 atom stereocenters. The molecule has 2 heterocycles. The fourth-order valence-electron chi connectivity index (χ4n) is 3.51. The second-order valence-corrected chi connectivity index (χ2v) is 8.58. The third-order valence-corrected chi connectivity index (χ3v) is 4.72. The Morgan fingerprint density at radius 1 is 1.27 bits per heavy atom. The van der Waals surface area contributed by atoms with E-state index in [1.54, 1.807) is 13.0 Å². The maximum atomic E-state index is 13.6. The quantitative estimate of drug-likeness (QED) is 0.787. The van der Waals surface area contributed by atoms with Crippen LogP contribution in [0.4, 0.5) is 13.2 Å². The summed E-state index contributed by atoms with van der Waals surface area (Å²) in [6, 6.07) is 2.64.